The maximum Gasteiger partial charge on any atom is 0.227 e. The van der Waals surface area contributed by atoms with Crippen LogP contribution in [0.15, 0.2) is 72.8 Å². The third-order valence-electron chi connectivity index (χ3n) is 6.59. The number of piperidine rings is 1. The fourth-order valence-electron chi connectivity index (χ4n) is 4.56. The van der Waals surface area contributed by atoms with Crippen LogP contribution in [0.3, 0.4) is 0 Å². The van der Waals surface area contributed by atoms with Crippen molar-refractivity contribution >= 4 is 34.2 Å². The molecule has 1 aliphatic rings. The highest BCUT2D eigenvalue weighted by molar-refractivity contribution is 5.96. The third kappa shape index (κ3) is 4.92. The van der Waals surface area contributed by atoms with Crippen molar-refractivity contribution in [3.8, 4) is 11.3 Å². The fourth-order valence-corrected chi connectivity index (χ4v) is 4.56. The molecule has 0 unspecified atom stereocenters. The first kappa shape index (κ1) is 22.7. The van der Waals surface area contributed by atoms with Crippen LogP contribution in [-0.4, -0.2) is 34.7 Å². The zero-order valence-electron chi connectivity index (χ0n) is 20.0. The Bertz CT molecular complexity index is 1380. The first-order valence-corrected chi connectivity index (χ1v) is 12.0. The molecule has 6 heteroatoms. The van der Waals surface area contributed by atoms with Crippen molar-refractivity contribution in [1.29, 1.82) is 0 Å². The second-order valence-corrected chi connectivity index (χ2v) is 9.14. The molecule has 6 nitrogen and oxygen atoms in total. The largest absolute Gasteiger partial charge is 0.341 e. The Hall–Kier alpha value is -4.06. The van der Waals surface area contributed by atoms with E-state index >= 15 is 0 Å². The van der Waals surface area contributed by atoms with Gasteiger partial charge < -0.3 is 10.2 Å². The van der Waals surface area contributed by atoms with E-state index in [0.29, 0.717) is 30.3 Å². The second-order valence-electron chi connectivity index (χ2n) is 9.14. The highest BCUT2D eigenvalue weighted by atomic mass is 16.2. The van der Waals surface area contributed by atoms with E-state index in [-0.39, 0.29) is 17.6 Å². The van der Waals surface area contributed by atoms with Crippen molar-refractivity contribution in [2.24, 2.45) is 5.92 Å². The number of amides is 1. The summed E-state index contributed by atoms with van der Waals surface area (Å²) in [6.45, 7) is 5.04. The van der Waals surface area contributed by atoms with Gasteiger partial charge in [0, 0.05) is 41.2 Å². The first-order valence-electron chi connectivity index (χ1n) is 12.0. The number of carbonyl (C=O) groups excluding carboxylic acids is 2. The molecule has 35 heavy (non-hydrogen) atoms. The number of nitrogens with one attached hydrogen (secondary N) is 1. The molecular formula is C29H28N4O2. The molecule has 2 heterocycles. The van der Waals surface area contributed by atoms with E-state index in [1.54, 1.807) is 24.3 Å². The zero-order valence-corrected chi connectivity index (χ0v) is 20.0. The van der Waals surface area contributed by atoms with Crippen molar-refractivity contribution in [2.45, 2.75) is 26.7 Å². The second kappa shape index (κ2) is 9.66. The van der Waals surface area contributed by atoms with Crippen LogP contribution in [0.5, 0.6) is 0 Å². The van der Waals surface area contributed by atoms with Gasteiger partial charge in [-0.25, -0.2) is 9.97 Å². The molecule has 0 saturated carbocycles. The number of hydrogen-bond acceptors (Lipinski definition) is 5. The molecule has 0 atom stereocenters. The Morgan fingerprint density at radius 1 is 0.914 bits per heavy atom. The van der Waals surface area contributed by atoms with Crippen LogP contribution in [0.1, 0.15) is 35.7 Å². The molecule has 1 aliphatic heterocycles. The molecule has 176 valence electrons. The van der Waals surface area contributed by atoms with Crippen molar-refractivity contribution in [3.63, 3.8) is 0 Å². The van der Waals surface area contributed by atoms with Gasteiger partial charge in [0.15, 0.2) is 5.78 Å². The molecule has 0 bridgehead atoms. The van der Waals surface area contributed by atoms with E-state index in [1.165, 1.54) is 12.5 Å². The number of aryl methyl sites for hydroxylation is 1. The van der Waals surface area contributed by atoms with Crippen LogP contribution < -0.4 is 10.2 Å². The number of rotatable bonds is 5. The summed E-state index contributed by atoms with van der Waals surface area (Å²) in [6, 6.07) is 23.5. The summed E-state index contributed by atoms with van der Waals surface area (Å²) in [4.78, 5) is 36.3. The number of anilines is 2. The Labute approximate surface area is 205 Å². The van der Waals surface area contributed by atoms with Crippen LogP contribution in [0.2, 0.25) is 0 Å². The molecule has 5 rings (SSSR count). The van der Waals surface area contributed by atoms with Gasteiger partial charge in [0.25, 0.3) is 0 Å². The van der Waals surface area contributed by atoms with Gasteiger partial charge in [0.2, 0.25) is 11.9 Å². The van der Waals surface area contributed by atoms with Gasteiger partial charge in [-0.2, -0.15) is 0 Å². The summed E-state index contributed by atoms with van der Waals surface area (Å²) in [5.41, 5.74) is 5.45. The molecule has 1 saturated heterocycles. The Morgan fingerprint density at radius 2 is 1.63 bits per heavy atom. The van der Waals surface area contributed by atoms with E-state index in [4.69, 9.17) is 9.97 Å². The Morgan fingerprint density at radius 3 is 2.31 bits per heavy atom. The standard InChI is InChI=1S/C29H28N4O2/c1-19-8-13-26-25(18-19)27(22-6-4-3-5-7-22)32-29(31-26)33-16-14-23(15-17-33)28(35)30-24-11-9-21(10-12-24)20(2)34/h3-13,18,23H,14-17H2,1-2H3,(H,30,35). The fraction of sp³-hybridized carbons (Fsp3) is 0.241. The minimum absolute atomic E-state index is 0.0108. The van der Waals surface area contributed by atoms with E-state index in [1.807, 2.05) is 18.2 Å². The lowest BCUT2D eigenvalue weighted by Gasteiger charge is -2.31. The topological polar surface area (TPSA) is 75.2 Å². The first-order chi connectivity index (χ1) is 17.0. The molecule has 3 aromatic carbocycles. The summed E-state index contributed by atoms with van der Waals surface area (Å²) < 4.78 is 0. The van der Waals surface area contributed by atoms with Gasteiger partial charge in [-0.3, -0.25) is 9.59 Å². The van der Waals surface area contributed by atoms with Gasteiger partial charge in [-0.1, -0.05) is 42.0 Å². The Kier molecular flexibility index (Phi) is 6.27. The molecule has 1 fully saturated rings. The Balaban J connectivity index is 1.32. The lowest BCUT2D eigenvalue weighted by molar-refractivity contribution is -0.120. The van der Waals surface area contributed by atoms with E-state index in [9.17, 15) is 9.59 Å². The minimum Gasteiger partial charge on any atom is -0.341 e. The average Bonchev–Trinajstić information content (AvgIpc) is 2.89. The number of nitrogens with zero attached hydrogens (tertiary/aromatic N) is 3. The molecule has 1 aromatic heterocycles. The number of fused-ring (bicyclic) bond motifs is 1. The van der Waals surface area contributed by atoms with Crippen molar-refractivity contribution in [1.82, 2.24) is 9.97 Å². The summed E-state index contributed by atoms with van der Waals surface area (Å²) in [5, 5.41) is 4.04. The van der Waals surface area contributed by atoms with Crippen LogP contribution in [-0.2, 0) is 4.79 Å². The molecular weight excluding hydrogens is 436 g/mol. The molecule has 0 aliphatic carbocycles. The summed E-state index contributed by atoms with van der Waals surface area (Å²) in [7, 11) is 0. The number of ketones is 1. The number of carbonyl (C=O) groups is 2. The number of aromatic nitrogens is 2. The number of benzene rings is 3. The molecule has 1 N–H and O–H groups in total. The maximum absolute atomic E-state index is 12.8. The molecule has 0 radical (unpaired) electrons. The van der Waals surface area contributed by atoms with Crippen LogP contribution in [0.4, 0.5) is 11.6 Å². The molecule has 1 amide bonds. The van der Waals surface area contributed by atoms with Gasteiger partial charge in [0.05, 0.1) is 11.2 Å². The summed E-state index contributed by atoms with van der Waals surface area (Å²) in [5.74, 6) is 0.658. The van der Waals surface area contributed by atoms with Crippen LogP contribution in [0, 0.1) is 12.8 Å². The number of Topliss-reactive ketones (excluding diaryl/α,β-unsaturated/α-hetero) is 1. The van der Waals surface area contributed by atoms with E-state index < -0.39 is 0 Å². The highest BCUT2D eigenvalue weighted by Gasteiger charge is 2.27. The predicted octanol–water partition coefficient (Wildman–Crippen LogP) is 5.66. The van der Waals surface area contributed by atoms with Crippen molar-refractivity contribution in [3.05, 3.63) is 83.9 Å². The predicted molar refractivity (Wildman–Crippen MR) is 140 cm³/mol. The molecule has 0 spiro atoms. The number of hydrogen-bond donors (Lipinski definition) is 1. The van der Waals surface area contributed by atoms with Crippen molar-refractivity contribution in [2.75, 3.05) is 23.3 Å². The minimum atomic E-state index is -0.0737. The third-order valence-corrected chi connectivity index (χ3v) is 6.59. The monoisotopic (exact) mass is 464 g/mol. The smallest absolute Gasteiger partial charge is 0.227 e. The van der Waals surface area contributed by atoms with Gasteiger partial charge in [0.1, 0.15) is 0 Å². The van der Waals surface area contributed by atoms with Crippen LogP contribution in [0.25, 0.3) is 22.2 Å². The summed E-state index contributed by atoms with van der Waals surface area (Å²) >= 11 is 0. The maximum atomic E-state index is 12.8. The highest BCUT2D eigenvalue weighted by Crippen LogP contribution is 2.30. The van der Waals surface area contributed by atoms with Gasteiger partial charge in [-0.05, 0) is 63.1 Å². The lowest BCUT2D eigenvalue weighted by atomic mass is 9.96. The SMILES string of the molecule is CC(=O)c1ccc(NC(=O)C2CCN(c3nc(-c4ccccc4)c4cc(C)ccc4n3)CC2)cc1. The quantitative estimate of drug-likeness (QED) is 0.386. The van der Waals surface area contributed by atoms with Gasteiger partial charge in [-0.15, -0.1) is 0 Å². The van der Waals surface area contributed by atoms with E-state index in [0.717, 1.165) is 35.0 Å². The van der Waals surface area contributed by atoms with Crippen LogP contribution >= 0.6 is 0 Å². The molecule has 4 aromatic rings. The summed E-state index contributed by atoms with van der Waals surface area (Å²) in [6.07, 6.45) is 1.46. The lowest BCUT2D eigenvalue weighted by Crippen LogP contribution is -2.39. The van der Waals surface area contributed by atoms with E-state index in [2.05, 4.69) is 47.5 Å². The normalized spacial score (nSPS) is 14.2. The van der Waals surface area contributed by atoms with Crippen molar-refractivity contribution < 1.29 is 9.59 Å². The van der Waals surface area contributed by atoms with Gasteiger partial charge >= 0.3 is 0 Å². The zero-order chi connectivity index (χ0) is 24.4. The average molecular weight is 465 g/mol.